The van der Waals surface area contributed by atoms with Gasteiger partial charge in [0.15, 0.2) is 28.7 Å². The summed E-state index contributed by atoms with van der Waals surface area (Å²) in [6.07, 6.45) is 5.65. The highest BCUT2D eigenvalue weighted by atomic mass is 79.9. The van der Waals surface area contributed by atoms with Crippen LogP contribution in [0.5, 0.6) is 28.7 Å². The van der Waals surface area contributed by atoms with Crippen molar-refractivity contribution in [1.29, 1.82) is 0 Å². The average molecular weight is 709 g/mol. The van der Waals surface area contributed by atoms with Crippen LogP contribution in [-0.4, -0.2) is 60.3 Å². The first-order chi connectivity index (χ1) is 22.2. The van der Waals surface area contributed by atoms with Crippen LogP contribution in [0.1, 0.15) is 30.5 Å². The van der Waals surface area contributed by atoms with Gasteiger partial charge in [0.05, 0.1) is 6.04 Å². The molecule has 0 saturated heterocycles. The van der Waals surface area contributed by atoms with Crippen molar-refractivity contribution < 1.29 is 39.9 Å². The maximum absolute atomic E-state index is 13.8. The van der Waals surface area contributed by atoms with Crippen molar-refractivity contribution in [3.8, 4) is 28.7 Å². The maximum Gasteiger partial charge on any atom is 0.268 e. The Morgan fingerprint density at radius 3 is 2.23 bits per heavy atom. The number of H-pyrrole nitrogens is 1. The lowest BCUT2D eigenvalue weighted by molar-refractivity contribution is -0.128. The molecule has 0 bridgehead atoms. The number of phenolic OH excluding ortho intramolecular Hbond substituents is 5. The normalized spacial score (nSPS) is 13.1. The SMILES string of the molecule is CC(C)C(N)C(=O)N/C(=C/c1cc(O)c(O)c(O)c1)C(=O)NC(Cc1c[nH]c2cc(Br)ccc12)C(=O)N/C=C/c1ccc(O)c(O)c1. The molecule has 3 amide bonds. The van der Waals surface area contributed by atoms with Crippen LogP contribution >= 0.6 is 15.9 Å². The smallest absolute Gasteiger partial charge is 0.268 e. The van der Waals surface area contributed by atoms with Crippen molar-refractivity contribution in [3.05, 3.63) is 87.8 Å². The molecule has 1 aromatic heterocycles. The zero-order valence-electron chi connectivity index (χ0n) is 25.3. The molecule has 0 spiro atoms. The fourth-order valence-corrected chi connectivity index (χ4v) is 4.87. The van der Waals surface area contributed by atoms with Gasteiger partial charge in [-0.25, -0.2) is 0 Å². The second-order valence-electron chi connectivity index (χ2n) is 11.0. The number of carbonyl (C=O) groups is 3. The van der Waals surface area contributed by atoms with E-state index in [1.165, 1.54) is 30.5 Å². The molecule has 0 aliphatic carbocycles. The maximum atomic E-state index is 13.8. The number of benzene rings is 3. The minimum absolute atomic E-state index is 0.0144. The summed E-state index contributed by atoms with van der Waals surface area (Å²) >= 11 is 3.43. The molecule has 2 atom stereocenters. The first-order valence-corrected chi connectivity index (χ1v) is 15.1. The van der Waals surface area contributed by atoms with Crippen LogP contribution in [0.15, 0.2) is 71.1 Å². The molecule has 246 valence electrons. The predicted molar refractivity (Wildman–Crippen MR) is 179 cm³/mol. The number of nitrogens with two attached hydrogens (primary N) is 1. The van der Waals surface area contributed by atoms with Crippen molar-refractivity contribution >= 4 is 56.7 Å². The van der Waals surface area contributed by atoms with Crippen LogP contribution in [0.4, 0.5) is 0 Å². The summed E-state index contributed by atoms with van der Waals surface area (Å²) in [5.41, 5.74) is 7.65. The number of hydrogen-bond donors (Lipinski definition) is 10. The Morgan fingerprint density at radius 1 is 0.894 bits per heavy atom. The number of halogens is 1. The van der Waals surface area contributed by atoms with Crippen LogP contribution in [0.2, 0.25) is 0 Å². The van der Waals surface area contributed by atoms with Crippen LogP contribution in [-0.2, 0) is 20.8 Å². The molecule has 4 rings (SSSR count). The highest BCUT2D eigenvalue weighted by Crippen LogP contribution is 2.36. The Balaban J connectivity index is 1.67. The number of hydrogen-bond acceptors (Lipinski definition) is 9. The first kappa shape index (κ1) is 34.4. The Hall–Kier alpha value is -5.47. The van der Waals surface area contributed by atoms with Gasteiger partial charge in [-0.3, -0.25) is 14.4 Å². The van der Waals surface area contributed by atoms with Crippen LogP contribution in [0.25, 0.3) is 23.1 Å². The summed E-state index contributed by atoms with van der Waals surface area (Å²) in [7, 11) is 0. The number of aromatic hydroxyl groups is 5. The van der Waals surface area contributed by atoms with Gasteiger partial charge < -0.3 is 52.2 Å². The van der Waals surface area contributed by atoms with Crippen molar-refractivity contribution in [2.24, 2.45) is 11.7 Å². The van der Waals surface area contributed by atoms with Gasteiger partial charge in [0, 0.05) is 34.2 Å². The van der Waals surface area contributed by atoms with Gasteiger partial charge >= 0.3 is 0 Å². The number of nitrogens with one attached hydrogen (secondary N) is 4. The molecule has 11 N–H and O–H groups in total. The minimum Gasteiger partial charge on any atom is -0.504 e. The highest BCUT2D eigenvalue weighted by molar-refractivity contribution is 9.10. The molecule has 4 aromatic rings. The molecule has 0 saturated carbocycles. The topological polar surface area (TPSA) is 230 Å². The summed E-state index contributed by atoms with van der Waals surface area (Å²) in [5.74, 6) is -5.26. The van der Waals surface area contributed by atoms with Gasteiger partial charge in [-0.1, -0.05) is 41.9 Å². The number of fused-ring (bicyclic) bond motifs is 1. The second-order valence-corrected chi connectivity index (χ2v) is 12.0. The number of aromatic amines is 1. The molecular formula is C33H34BrN5O8. The van der Waals surface area contributed by atoms with E-state index in [-0.39, 0.29) is 35.1 Å². The van der Waals surface area contributed by atoms with Crippen molar-refractivity contribution in [1.82, 2.24) is 20.9 Å². The van der Waals surface area contributed by atoms with E-state index in [9.17, 15) is 39.9 Å². The predicted octanol–water partition coefficient (Wildman–Crippen LogP) is 3.41. The second kappa shape index (κ2) is 14.7. The molecule has 3 aromatic carbocycles. The van der Waals surface area contributed by atoms with Crippen molar-refractivity contribution in [3.63, 3.8) is 0 Å². The fourth-order valence-electron chi connectivity index (χ4n) is 4.51. The number of rotatable bonds is 11. The lowest BCUT2D eigenvalue weighted by Gasteiger charge is -2.21. The molecule has 0 fully saturated rings. The summed E-state index contributed by atoms with van der Waals surface area (Å²) < 4.78 is 0.836. The average Bonchev–Trinajstić information content (AvgIpc) is 3.41. The third kappa shape index (κ3) is 8.62. The lowest BCUT2D eigenvalue weighted by atomic mass is 10.0. The third-order valence-electron chi connectivity index (χ3n) is 7.20. The van der Waals surface area contributed by atoms with E-state index >= 15 is 0 Å². The zero-order valence-corrected chi connectivity index (χ0v) is 26.9. The largest absolute Gasteiger partial charge is 0.504 e. The Bertz CT molecular complexity index is 1860. The Labute approximate surface area is 277 Å². The molecule has 1 heterocycles. The number of carbonyl (C=O) groups excluding carboxylic acids is 3. The molecule has 13 nitrogen and oxygen atoms in total. The molecule has 2 unspecified atom stereocenters. The van der Waals surface area contributed by atoms with Crippen LogP contribution in [0, 0.1) is 5.92 Å². The van der Waals surface area contributed by atoms with Crippen LogP contribution < -0.4 is 21.7 Å². The molecule has 47 heavy (non-hydrogen) atoms. The molecule has 0 radical (unpaired) electrons. The van der Waals surface area contributed by atoms with E-state index in [4.69, 9.17) is 5.73 Å². The summed E-state index contributed by atoms with van der Waals surface area (Å²) in [5, 5.41) is 57.6. The fraction of sp³-hybridized carbons (Fsp3) is 0.182. The number of aromatic nitrogens is 1. The van der Waals surface area contributed by atoms with E-state index in [0.29, 0.717) is 11.1 Å². The summed E-state index contributed by atoms with van der Waals surface area (Å²) in [6, 6.07) is 9.57. The van der Waals surface area contributed by atoms with E-state index in [1.54, 1.807) is 20.0 Å². The molecular weight excluding hydrogens is 674 g/mol. The number of phenols is 5. The van der Waals surface area contributed by atoms with Gasteiger partial charge in [0.2, 0.25) is 11.8 Å². The first-order valence-electron chi connectivity index (χ1n) is 14.3. The van der Waals surface area contributed by atoms with E-state index in [0.717, 1.165) is 33.6 Å². The highest BCUT2D eigenvalue weighted by Gasteiger charge is 2.26. The van der Waals surface area contributed by atoms with Crippen LogP contribution in [0.3, 0.4) is 0 Å². The third-order valence-corrected chi connectivity index (χ3v) is 7.70. The Kier molecular flexibility index (Phi) is 10.8. The van der Waals surface area contributed by atoms with Gasteiger partial charge in [-0.15, -0.1) is 0 Å². The monoisotopic (exact) mass is 707 g/mol. The summed E-state index contributed by atoms with van der Waals surface area (Å²) in [6.45, 7) is 3.44. The van der Waals surface area contributed by atoms with Gasteiger partial charge in [-0.2, -0.15) is 0 Å². The van der Waals surface area contributed by atoms with Gasteiger partial charge in [-0.05, 0) is 71.2 Å². The minimum atomic E-state index is -1.20. The lowest BCUT2D eigenvalue weighted by Crippen LogP contribution is -2.50. The quantitative estimate of drug-likeness (QED) is 0.0812. The number of amides is 3. The Morgan fingerprint density at radius 2 is 1.57 bits per heavy atom. The standard InChI is InChI=1S/C33H34BrN5O8/c1-16(2)29(35)33(47)39-23(9-18-11-27(42)30(44)28(43)12-18)32(46)38-24(13-19-15-37-22-14-20(34)4-5-21(19)22)31(45)36-8-7-17-3-6-25(40)26(41)10-17/h3-12,14-16,24,29,37,40-44H,13,35H2,1-2H3,(H,36,45)(H,38,46)(H,39,47)/b8-7+,23-9+. The van der Waals surface area contributed by atoms with Crippen molar-refractivity contribution in [2.75, 3.05) is 0 Å². The molecule has 0 aliphatic rings. The zero-order chi connectivity index (χ0) is 34.4. The summed E-state index contributed by atoms with van der Waals surface area (Å²) in [4.78, 5) is 43.3. The van der Waals surface area contributed by atoms with Gasteiger partial charge in [0.1, 0.15) is 11.7 Å². The molecule has 0 aliphatic heterocycles. The van der Waals surface area contributed by atoms with E-state index in [2.05, 4.69) is 36.9 Å². The van der Waals surface area contributed by atoms with E-state index < -0.39 is 47.1 Å². The van der Waals surface area contributed by atoms with E-state index in [1.807, 2.05) is 18.2 Å². The van der Waals surface area contributed by atoms with Gasteiger partial charge in [0.25, 0.3) is 5.91 Å². The molecule has 14 heteroatoms. The van der Waals surface area contributed by atoms with Crippen molar-refractivity contribution in [2.45, 2.75) is 32.4 Å².